The number of hydrogen-bond acceptors (Lipinski definition) is 5. The van der Waals surface area contributed by atoms with Gasteiger partial charge in [0.25, 0.3) is 5.91 Å². The van der Waals surface area contributed by atoms with E-state index in [4.69, 9.17) is 9.47 Å². The molecule has 1 aromatic heterocycles. The van der Waals surface area contributed by atoms with E-state index in [9.17, 15) is 14.4 Å². The summed E-state index contributed by atoms with van der Waals surface area (Å²) in [6.45, 7) is 11.7. The van der Waals surface area contributed by atoms with Gasteiger partial charge in [0.1, 0.15) is 22.7 Å². The van der Waals surface area contributed by atoms with Gasteiger partial charge in [-0.2, -0.15) is 0 Å². The van der Waals surface area contributed by atoms with Gasteiger partial charge in [-0.15, -0.1) is 0 Å². The monoisotopic (exact) mass is 402 g/mol. The van der Waals surface area contributed by atoms with Crippen molar-refractivity contribution in [2.24, 2.45) is 0 Å². The summed E-state index contributed by atoms with van der Waals surface area (Å²) in [5, 5.41) is 0.721. The summed E-state index contributed by atoms with van der Waals surface area (Å²) in [5.41, 5.74) is 0.521. The molecule has 0 aliphatic rings. The third kappa shape index (κ3) is 5.59. The van der Waals surface area contributed by atoms with Gasteiger partial charge >= 0.3 is 6.09 Å². The van der Waals surface area contributed by atoms with Gasteiger partial charge in [-0.05, 0) is 53.2 Å². The molecule has 1 heterocycles. The van der Waals surface area contributed by atoms with E-state index in [1.54, 1.807) is 44.0 Å². The Morgan fingerprint density at radius 2 is 1.76 bits per heavy atom. The van der Waals surface area contributed by atoms with Crippen molar-refractivity contribution >= 4 is 28.7 Å². The highest BCUT2D eigenvalue weighted by Crippen LogP contribution is 2.31. The minimum absolute atomic E-state index is 0.0173. The molecule has 2 aromatic rings. The van der Waals surface area contributed by atoms with Crippen molar-refractivity contribution in [1.82, 2.24) is 9.47 Å². The predicted molar refractivity (Wildman–Crippen MR) is 111 cm³/mol. The van der Waals surface area contributed by atoms with Crippen LogP contribution in [0.2, 0.25) is 0 Å². The van der Waals surface area contributed by atoms with E-state index in [0.29, 0.717) is 29.9 Å². The first-order valence-corrected chi connectivity index (χ1v) is 9.83. The Kier molecular flexibility index (Phi) is 7.06. The maximum absolute atomic E-state index is 12.8. The quantitative estimate of drug-likeness (QED) is 0.704. The number of carbonyl (C=O) groups excluding carboxylic acids is 3. The number of ether oxygens (including phenoxy) is 2. The van der Waals surface area contributed by atoms with Crippen LogP contribution in [0.15, 0.2) is 24.4 Å². The summed E-state index contributed by atoms with van der Waals surface area (Å²) in [4.78, 5) is 38.5. The van der Waals surface area contributed by atoms with Crippen LogP contribution in [-0.4, -0.2) is 52.5 Å². The van der Waals surface area contributed by atoms with Crippen molar-refractivity contribution in [3.8, 4) is 5.75 Å². The van der Waals surface area contributed by atoms with Gasteiger partial charge in [-0.25, -0.2) is 9.36 Å². The first-order valence-electron chi connectivity index (χ1n) is 9.83. The number of hydrogen-bond donors (Lipinski definition) is 0. The Labute approximate surface area is 171 Å². The van der Waals surface area contributed by atoms with E-state index in [1.165, 1.54) is 11.5 Å². The fraction of sp³-hybridized carbons (Fsp3) is 0.500. The fourth-order valence-electron chi connectivity index (χ4n) is 3.11. The SMILES string of the molecule is CCN(CC)C(=O)COc1cccc2c(CC(C)=O)cn(C(=O)OC(C)(C)C)c12. The van der Waals surface area contributed by atoms with Gasteiger partial charge in [0.15, 0.2) is 6.61 Å². The van der Waals surface area contributed by atoms with Crippen LogP contribution in [0.5, 0.6) is 5.75 Å². The lowest BCUT2D eigenvalue weighted by Gasteiger charge is -2.21. The van der Waals surface area contributed by atoms with Crippen molar-refractivity contribution in [3.05, 3.63) is 30.0 Å². The van der Waals surface area contributed by atoms with Crippen LogP contribution in [0.25, 0.3) is 10.9 Å². The van der Waals surface area contributed by atoms with Gasteiger partial charge in [-0.1, -0.05) is 12.1 Å². The van der Waals surface area contributed by atoms with Crippen molar-refractivity contribution in [2.75, 3.05) is 19.7 Å². The van der Waals surface area contributed by atoms with Crippen molar-refractivity contribution < 1.29 is 23.9 Å². The van der Waals surface area contributed by atoms with E-state index < -0.39 is 11.7 Å². The molecule has 0 fully saturated rings. The molecule has 0 unspecified atom stereocenters. The van der Waals surface area contributed by atoms with Crippen LogP contribution in [0.3, 0.4) is 0 Å². The number of rotatable bonds is 7. The number of amides is 1. The smallest absolute Gasteiger partial charge is 0.419 e. The Hall–Kier alpha value is -2.83. The van der Waals surface area contributed by atoms with Gasteiger partial charge in [-0.3, -0.25) is 9.59 Å². The molecule has 158 valence electrons. The Morgan fingerprint density at radius 1 is 1.10 bits per heavy atom. The predicted octanol–water partition coefficient (Wildman–Crippen LogP) is 3.80. The minimum atomic E-state index is -0.678. The molecule has 0 saturated heterocycles. The van der Waals surface area contributed by atoms with E-state index in [2.05, 4.69) is 0 Å². The molecule has 1 amide bonds. The zero-order valence-corrected chi connectivity index (χ0v) is 18.1. The molecule has 0 bridgehead atoms. The lowest BCUT2D eigenvalue weighted by molar-refractivity contribution is -0.132. The molecule has 0 aliphatic carbocycles. The summed E-state index contributed by atoms with van der Waals surface area (Å²) in [7, 11) is 0. The number of aromatic nitrogens is 1. The number of carbonyl (C=O) groups is 3. The average Bonchev–Trinajstić information content (AvgIpc) is 2.98. The number of fused-ring (bicyclic) bond motifs is 1. The highest BCUT2D eigenvalue weighted by atomic mass is 16.6. The Balaban J connectivity index is 2.47. The maximum atomic E-state index is 12.8. The molecule has 2 rings (SSSR count). The molecular weight excluding hydrogens is 372 g/mol. The molecule has 0 saturated carbocycles. The number of Topliss-reactive ketones (excluding diaryl/α,β-unsaturated/α-hetero) is 1. The highest BCUT2D eigenvalue weighted by Gasteiger charge is 2.23. The molecule has 0 atom stereocenters. The third-order valence-corrected chi connectivity index (χ3v) is 4.37. The Morgan fingerprint density at radius 3 is 2.31 bits per heavy atom. The van der Waals surface area contributed by atoms with Crippen molar-refractivity contribution in [2.45, 2.75) is 53.6 Å². The van der Waals surface area contributed by atoms with Gasteiger partial charge in [0, 0.05) is 31.1 Å². The maximum Gasteiger partial charge on any atom is 0.419 e. The average molecular weight is 402 g/mol. The van der Waals surface area contributed by atoms with E-state index in [1.807, 2.05) is 19.9 Å². The van der Waals surface area contributed by atoms with Crippen molar-refractivity contribution in [3.63, 3.8) is 0 Å². The summed E-state index contributed by atoms with van der Waals surface area (Å²) in [5.74, 6) is 0.242. The first kappa shape index (κ1) is 22.5. The standard InChI is InChI=1S/C22H30N2O5/c1-7-23(8-2)19(26)14-28-18-11-9-10-17-16(12-15(3)25)13-24(20(17)18)21(27)29-22(4,5)6/h9-11,13H,7-8,12,14H2,1-6H3. The normalized spacial score (nSPS) is 11.4. The van der Waals surface area contributed by atoms with Crippen LogP contribution in [0, 0.1) is 0 Å². The lowest BCUT2D eigenvalue weighted by Crippen LogP contribution is -2.34. The van der Waals surface area contributed by atoms with Crippen LogP contribution in [-0.2, 0) is 20.7 Å². The summed E-state index contributed by atoms with van der Waals surface area (Å²) in [6.07, 6.45) is 1.23. The zero-order chi connectivity index (χ0) is 21.8. The van der Waals surface area contributed by atoms with Gasteiger partial charge in [0.2, 0.25) is 0 Å². The largest absolute Gasteiger partial charge is 0.482 e. The van der Waals surface area contributed by atoms with E-state index >= 15 is 0 Å². The second-order valence-corrected chi connectivity index (χ2v) is 7.89. The first-order chi connectivity index (χ1) is 13.6. The van der Waals surface area contributed by atoms with E-state index in [-0.39, 0.29) is 24.7 Å². The molecule has 7 nitrogen and oxygen atoms in total. The molecule has 7 heteroatoms. The number of para-hydroxylation sites is 1. The molecule has 29 heavy (non-hydrogen) atoms. The molecule has 0 spiro atoms. The second-order valence-electron chi connectivity index (χ2n) is 7.89. The lowest BCUT2D eigenvalue weighted by atomic mass is 10.1. The fourth-order valence-corrected chi connectivity index (χ4v) is 3.11. The topological polar surface area (TPSA) is 77.8 Å². The number of likely N-dealkylation sites (N-methyl/N-ethyl adjacent to an activating group) is 1. The van der Waals surface area contributed by atoms with Crippen LogP contribution in [0.1, 0.15) is 47.1 Å². The van der Waals surface area contributed by atoms with Crippen LogP contribution in [0.4, 0.5) is 4.79 Å². The summed E-state index contributed by atoms with van der Waals surface area (Å²) < 4.78 is 12.7. The summed E-state index contributed by atoms with van der Waals surface area (Å²) in [6, 6.07) is 5.31. The summed E-state index contributed by atoms with van der Waals surface area (Å²) >= 11 is 0. The number of benzene rings is 1. The third-order valence-electron chi connectivity index (χ3n) is 4.37. The highest BCUT2D eigenvalue weighted by molar-refractivity contribution is 5.98. The van der Waals surface area contributed by atoms with Crippen LogP contribution < -0.4 is 4.74 Å². The molecule has 1 aromatic carbocycles. The Bertz CT molecular complexity index is 904. The van der Waals surface area contributed by atoms with Crippen LogP contribution >= 0.6 is 0 Å². The van der Waals surface area contributed by atoms with Gasteiger partial charge < -0.3 is 14.4 Å². The molecule has 0 radical (unpaired) electrons. The zero-order valence-electron chi connectivity index (χ0n) is 18.1. The molecular formula is C22H30N2O5. The van der Waals surface area contributed by atoms with E-state index in [0.717, 1.165) is 5.39 Å². The molecule has 0 N–H and O–H groups in total. The van der Waals surface area contributed by atoms with Gasteiger partial charge in [0.05, 0.1) is 0 Å². The number of nitrogens with zero attached hydrogens (tertiary/aromatic N) is 2. The molecule has 0 aliphatic heterocycles. The van der Waals surface area contributed by atoms with Crippen molar-refractivity contribution in [1.29, 1.82) is 0 Å². The second kappa shape index (κ2) is 9.11. The minimum Gasteiger partial charge on any atom is -0.482 e. The number of ketones is 1.